The molecule has 2 amide bonds. The molecule has 0 radical (unpaired) electrons. The first-order valence-corrected chi connectivity index (χ1v) is 10.1. The summed E-state index contributed by atoms with van der Waals surface area (Å²) in [7, 11) is 1.51. The predicted octanol–water partition coefficient (Wildman–Crippen LogP) is 5.12. The highest BCUT2D eigenvalue weighted by Gasteiger charge is 2.40. The quantitative estimate of drug-likeness (QED) is 0.578. The average Bonchev–Trinajstić information content (AvgIpc) is 3.29. The Labute approximate surface area is 177 Å². The van der Waals surface area contributed by atoms with Crippen molar-refractivity contribution in [2.24, 2.45) is 0 Å². The molecule has 0 saturated carbocycles. The van der Waals surface area contributed by atoms with Gasteiger partial charge in [-0.1, -0.05) is 29.8 Å². The van der Waals surface area contributed by atoms with Crippen LogP contribution in [0.3, 0.4) is 0 Å². The second-order valence-corrected chi connectivity index (χ2v) is 7.84. The number of nitrogens with one attached hydrogen (secondary N) is 1. The highest BCUT2D eigenvalue weighted by atomic mass is 35.5. The molecule has 0 atom stereocenters. The third kappa shape index (κ3) is 3.52. The number of benzene rings is 2. The number of carbonyl (C=O) groups excluding carboxylic acids is 2. The van der Waals surface area contributed by atoms with Crippen LogP contribution in [0.5, 0.6) is 5.75 Å². The van der Waals surface area contributed by atoms with Gasteiger partial charge in [-0.2, -0.15) is 0 Å². The summed E-state index contributed by atoms with van der Waals surface area (Å²) >= 11 is 7.63. The van der Waals surface area contributed by atoms with Crippen molar-refractivity contribution >= 4 is 51.7 Å². The van der Waals surface area contributed by atoms with Gasteiger partial charge in [0.05, 0.1) is 23.4 Å². The van der Waals surface area contributed by atoms with E-state index in [-0.39, 0.29) is 5.70 Å². The molecule has 1 aliphatic heterocycles. The highest BCUT2D eigenvalue weighted by molar-refractivity contribution is 7.11. The molecule has 5 nitrogen and oxygen atoms in total. The number of hydrogen-bond donors (Lipinski definition) is 1. The molecule has 0 aliphatic carbocycles. The third-order valence-corrected chi connectivity index (χ3v) is 5.72. The fourth-order valence-corrected chi connectivity index (χ4v) is 4.21. The van der Waals surface area contributed by atoms with Gasteiger partial charge >= 0.3 is 0 Å². The van der Waals surface area contributed by atoms with E-state index in [0.717, 1.165) is 21.0 Å². The van der Waals surface area contributed by atoms with Crippen molar-refractivity contribution in [3.8, 4) is 5.75 Å². The van der Waals surface area contributed by atoms with E-state index in [1.807, 2.05) is 48.7 Å². The number of aryl methyl sites for hydroxylation is 1. The van der Waals surface area contributed by atoms with Gasteiger partial charge in [-0.3, -0.25) is 9.59 Å². The minimum absolute atomic E-state index is 0.245. The van der Waals surface area contributed by atoms with Gasteiger partial charge in [0.1, 0.15) is 11.4 Å². The summed E-state index contributed by atoms with van der Waals surface area (Å²) in [6, 6.07) is 16.1. The Balaban J connectivity index is 1.79. The Morgan fingerprint density at radius 3 is 2.52 bits per heavy atom. The molecule has 0 bridgehead atoms. The standard InChI is InChI=1S/C22H17ClN2O3S/c1-13-5-3-6-14(11-13)24-20-19(18-7-4-10-29-18)21(26)25(22(20)27)15-8-9-17(28-2)16(23)12-15/h3-12,24H,1-2H3. The molecule has 1 N–H and O–H groups in total. The number of ether oxygens (including phenoxy) is 1. The van der Waals surface area contributed by atoms with Gasteiger partial charge < -0.3 is 10.1 Å². The number of rotatable bonds is 5. The Bertz CT molecular complexity index is 1140. The van der Waals surface area contributed by atoms with Crippen molar-refractivity contribution in [3.63, 3.8) is 0 Å². The lowest BCUT2D eigenvalue weighted by atomic mass is 10.1. The van der Waals surface area contributed by atoms with E-state index in [1.165, 1.54) is 18.4 Å². The molecular weight excluding hydrogens is 408 g/mol. The first-order chi connectivity index (χ1) is 14.0. The zero-order chi connectivity index (χ0) is 20.5. The monoisotopic (exact) mass is 424 g/mol. The molecule has 0 spiro atoms. The summed E-state index contributed by atoms with van der Waals surface area (Å²) in [6.07, 6.45) is 0. The SMILES string of the molecule is COc1ccc(N2C(=O)C(Nc3cccc(C)c3)=C(c3cccs3)C2=O)cc1Cl. The number of imide groups is 1. The Morgan fingerprint density at radius 1 is 1.03 bits per heavy atom. The zero-order valence-electron chi connectivity index (χ0n) is 15.7. The van der Waals surface area contributed by atoms with Crippen LogP contribution in [0, 0.1) is 6.92 Å². The van der Waals surface area contributed by atoms with Crippen molar-refractivity contribution in [2.45, 2.75) is 6.92 Å². The lowest BCUT2D eigenvalue weighted by molar-refractivity contribution is -0.120. The molecule has 7 heteroatoms. The van der Waals surface area contributed by atoms with Gasteiger partial charge in [0.2, 0.25) is 0 Å². The van der Waals surface area contributed by atoms with Crippen LogP contribution in [-0.2, 0) is 9.59 Å². The fourth-order valence-electron chi connectivity index (χ4n) is 3.19. The Kier molecular flexibility index (Phi) is 5.13. The van der Waals surface area contributed by atoms with Crippen molar-refractivity contribution in [1.29, 1.82) is 0 Å². The molecule has 4 rings (SSSR count). The maximum atomic E-state index is 13.3. The van der Waals surface area contributed by atoms with E-state index in [4.69, 9.17) is 16.3 Å². The summed E-state index contributed by atoms with van der Waals surface area (Å²) in [5.41, 5.74) is 2.77. The second-order valence-electron chi connectivity index (χ2n) is 6.49. The molecule has 2 aromatic carbocycles. The zero-order valence-corrected chi connectivity index (χ0v) is 17.3. The van der Waals surface area contributed by atoms with Gasteiger partial charge in [0, 0.05) is 10.6 Å². The molecule has 2 heterocycles. The molecule has 1 aliphatic rings. The van der Waals surface area contributed by atoms with Crippen LogP contribution in [0.25, 0.3) is 5.57 Å². The number of amides is 2. The number of halogens is 1. The molecule has 0 unspecified atom stereocenters. The maximum Gasteiger partial charge on any atom is 0.282 e. The summed E-state index contributed by atoms with van der Waals surface area (Å²) in [6.45, 7) is 1.97. The molecule has 146 valence electrons. The number of carbonyl (C=O) groups is 2. The summed E-state index contributed by atoms with van der Waals surface area (Å²) in [4.78, 5) is 28.4. The van der Waals surface area contributed by atoms with E-state index >= 15 is 0 Å². The van der Waals surface area contributed by atoms with Crippen molar-refractivity contribution in [3.05, 3.63) is 81.1 Å². The van der Waals surface area contributed by atoms with Crippen molar-refractivity contribution < 1.29 is 14.3 Å². The number of anilines is 2. The predicted molar refractivity (Wildman–Crippen MR) is 117 cm³/mol. The van der Waals surface area contributed by atoms with Gasteiger partial charge in [-0.15, -0.1) is 11.3 Å². The topological polar surface area (TPSA) is 58.6 Å². The van der Waals surface area contributed by atoms with E-state index in [1.54, 1.807) is 18.2 Å². The highest BCUT2D eigenvalue weighted by Crippen LogP contribution is 2.37. The van der Waals surface area contributed by atoms with E-state index in [9.17, 15) is 9.59 Å². The van der Waals surface area contributed by atoms with Crippen molar-refractivity contribution in [2.75, 3.05) is 17.3 Å². The number of methoxy groups -OCH3 is 1. The van der Waals surface area contributed by atoms with Crippen LogP contribution in [-0.4, -0.2) is 18.9 Å². The number of hydrogen-bond acceptors (Lipinski definition) is 5. The summed E-state index contributed by atoms with van der Waals surface area (Å²) < 4.78 is 5.17. The van der Waals surface area contributed by atoms with Crippen LogP contribution >= 0.6 is 22.9 Å². The first kappa shape index (κ1) is 19.2. The average molecular weight is 425 g/mol. The normalized spacial score (nSPS) is 14.0. The van der Waals surface area contributed by atoms with Crippen LogP contribution in [0.4, 0.5) is 11.4 Å². The fraction of sp³-hybridized carbons (Fsp3) is 0.0909. The summed E-state index contributed by atoms with van der Waals surface area (Å²) in [5.74, 6) is -0.353. The Morgan fingerprint density at radius 2 is 1.86 bits per heavy atom. The van der Waals surface area contributed by atoms with Crippen LogP contribution < -0.4 is 15.0 Å². The Hall–Kier alpha value is -3.09. The van der Waals surface area contributed by atoms with Gasteiger partial charge in [0.15, 0.2) is 0 Å². The minimum Gasteiger partial charge on any atom is -0.495 e. The lowest BCUT2D eigenvalue weighted by Crippen LogP contribution is -2.32. The smallest absolute Gasteiger partial charge is 0.282 e. The molecular formula is C22H17ClN2O3S. The van der Waals surface area contributed by atoms with Gasteiger partial charge in [-0.25, -0.2) is 4.90 Å². The molecule has 0 saturated heterocycles. The third-order valence-electron chi connectivity index (χ3n) is 4.53. The molecule has 0 fully saturated rings. The van der Waals surface area contributed by atoms with E-state index < -0.39 is 11.8 Å². The molecule has 1 aromatic heterocycles. The van der Waals surface area contributed by atoms with E-state index in [2.05, 4.69) is 5.32 Å². The second kappa shape index (κ2) is 7.73. The van der Waals surface area contributed by atoms with E-state index in [0.29, 0.717) is 22.0 Å². The summed E-state index contributed by atoms with van der Waals surface area (Å²) in [5, 5.41) is 5.35. The van der Waals surface area contributed by atoms with Gasteiger partial charge in [0.25, 0.3) is 11.8 Å². The number of nitrogens with zero attached hydrogens (tertiary/aromatic N) is 1. The van der Waals surface area contributed by atoms with Gasteiger partial charge in [-0.05, 0) is 54.3 Å². The number of thiophene rings is 1. The van der Waals surface area contributed by atoms with Crippen molar-refractivity contribution in [1.82, 2.24) is 0 Å². The maximum absolute atomic E-state index is 13.3. The molecule has 3 aromatic rings. The largest absolute Gasteiger partial charge is 0.495 e. The first-order valence-electron chi connectivity index (χ1n) is 8.83. The van der Waals surface area contributed by atoms with Crippen LogP contribution in [0.1, 0.15) is 10.4 Å². The van der Waals surface area contributed by atoms with Crippen LogP contribution in [0.2, 0.25) is 5.02 Å². The minimum atomic E-state index is -0.430. The van der Waals surface area contributed by atoms with Crippen LogP contribution in [0.15, 0.2) is 65.7 Å². The molecule has 29 heavy (non-hydrogen) atoms. The lowest BCUT2D eigenvalue weighted by Gasteiger charge is -2.16.